The smallest absolute Gasteiger partial charge is 0.239 e. The Balaban J connectivity index is 1.80. The lowest BCUT2D eigenvalue weighted by Crippen LogP contribution is -2.54. The molecule has 21 heavy (non-hydrogen) atoms. The summed E-state index contributed by atoms with van der Waals surface area (Å²) in [7, 11) is 0. The van der Waals surface area contributed by atoms with E-state index >= 15 is 0 Å². The van der Waals surface area contributed by atoms with E-state index in [-0.39, 0.29) is 24.4 Å². The highest BCUT2D eigenvalue weighted by atomic mass is 16.2. The molecule has 1 atom stereocenters. The topological polar surface area (TPSA) is 49.4 Å². The Bertz CT molecular complexity index is 392. The SMILES string of the molecule is CC1CN(C(=O)CC2CCC(C(C)(C)C)CC2)CC(=O)N1. The van der Waals surface area contributed by atoms with Crippen LogP contribution in [0.5, 0.6) is 0 Å². The average Bonchev–Trinajstić information content (AvgIpc) is 2.37. The van der Waals surface area contributed by atoms with Crippen molar-refractivity contribution in [2.24, 2.45) is 17.3 Å². The van der Waals surface area contributed by atoms with Gasteiger partial charge < -0.3 is 10.2 Å². The highest BCUT2D eigenvalue weighted by molar-refractivity contribution is 5.86. The maximum atomic E-state index is 12.4. The van der Waals surface area contributed by atoms with Gasteiger partial charge in [-0.05, 0) is 49.9 Å². The highest BCUT2D eigenvalue weighted by Crippen LogP contribution is 2.40. The number of hydrogen-bond acceptors (Lipinski definition) is 2. The number of carbonyl (C=O) groups is 2. The molecule has 1 saturated carbocycles. The number of hydrogen-bond donors (Lipinski definition) is 1. The van der Waals surface area contributed by atoms with Crippen molar-refractivity contribution in [2.75, 3.05) is 13.1 Å². The van der Waals surface area contributed by atoms with Crippen LogP contribution in [-0.4, -0.2) is 35.8 Å². The van der Waals surface area contributed by atoms with Crippen molar-refractivity contribution in [3.63, 3.8) is 0 Å². The van der Waals surface area contributed by atoms with Crippen LogP contribution in [0.4, 0.5) is 0 Å². The largest absolute Gasteiger partial charge is 0.350 e. The third kappa shape index (κ3) is 4.45. The lowest BCUT2D eigenvalue weighted by Gasteiger charge is -2.38. The van der Waals surface area contributed by atoms with E-state index in [1.807, 2.05) is 6.92 Å². The predicted octanol–water partition coefficient (Wildman–Crippen LogP) is 2.58. The second-order valence-corrected chi connectivity index (χ2v) is 8.03. The zero-order valence-corrected chi connectivity index (χ0v) is 13.9. The van der Waals surface area contributed by atoms with E-state index < -0.39 is 0 Å². The Morgan fingerprint density at radius 2 is 1.86 bits per heavy atom. The van der Waals surface area contributed by atoms with Crippen LogP contribution in [0.2, 0.25) is 0 Å². The van der Waals surface area contributed by atoms with E-state index in [2.05, 4.69) is 26.1 Å². The molecule has 0 aromatic heterocycles. The predicted molar refractivity (Wildman–Crippen MR) is 83.7 cm³/mol. The summed E-state index contributed by atoms with van der Waals surface area (Å²) in [5, 5.41) is 2.86. The number of piperazine rings is 1. The first-order valence-electron chi connectivity index (χ1n) is 8.33. The number of nitrogens with one attached hydrogen (secondary N) is 1. The van der Waals surface area contributed by atoms with E-state index in [9.17, 15) is 9.59 Å². The minimum absolute atomic E-state index is 0.0291. The van der Waals surface area contributed by atoms with Gasteiger partial charge >= 0.3 is 0 Å². The van der Waals surface area contributed by atoms with Crippen molar-refractivity contribution in [1.82, 2.24) is 10.2 Å². The lowest BCUT2D eigenvalue weighted by atomic mass is 9.69. The Morgan fingerprint density at radius 1 is 1.24 bits per heavy atom. The van der Waals surface area contributed by atoms with Crippen LogP contribution >= 0.6 is 0 Å². The Morgan fingerprint density at radius 3 is 2.38 bits per heavy atom. The molecule has 1 unspecified atom stereocenters. The monoisotopic (exact) mass is 294 g/mol. The molecular formula is C17H30N2O2. The van der Waals surface area contributed by atoms with E-state index in [4.69, 9.17) is 0 Å². The van der Waals surface area contributed by atoms with Crippen molar-refractivity contribution in [1.29, 1.82) is 0 Å². The summed E-state index contributed by atoms with van der Waals surface area (Å²) in [6.07, 6.45) is 5.40. The molecule has 0 bridgehead atoms. The normalized spacial score (nSPS) is 31.0. The van der Waals surface area contributed by atoms with Crippen LogP contribution in [0.15, 0.2) is 0 Å². The van der Waals surface area contributed by atoms with Crippen molar-refractivity contribution in [2.45, 2.75) is 65.8 Å². The summed E-state index contributed by atoms with van der Waals surface area (Å²) in [6.45, 7) is 9.79. The minimum atomic E-state index is -0.0291. The molecule has 0 spiro atoms. The van der Waals surface area contributed by atoms with E-state index in [0.29, 0.717) is 24.3 Å². The Labute approximate surface area is 128 Å². The van der Waals surface area contributed by atoms with Gasteiger partial charge in [0, 0.05) is 19.0 Å². The van der Waals surface area contributed by atoms with Crippen molar-refractivity contribution >= 4 is 11.8 Å². The number of amides is 2. The third-order valence-electron chi connectivity index (χ3n) is 5.12. The van der Waals surface area contributed by atoms with Gasteiger partial charge in [0.25, 0.3) is 0 Å². The van der Waals surface area contributed by atoms with E-state index in [1.165, 1.54) is 12.8 Å². The molecule has 1 N–H and O–H groups in total. The molecule has 2 fully saturated rings. The second-order valence-electron chi connectivity index (χ2n) is 8.03. The second kappa shape index (κ2) is 6.37. The summed E-state index contributed by atoms with van der Waals surface area (Å²) in [6, 6.07) is 0.0758. The summed E-state index contributed by atoms with van der Waals surface area (Å²) >= 11 is 0. The maximum Gasteiger partial charge on any atom is 0.239 e. The molecule has 2 amide bonds. The van der Waals surface area contributed by atoms with Gasteiger partial charge in [-0.15, -0.1) is 0 Å². The van der Waals surface area contributed by atoms with Gasteiger partial charge in [0.15, 0.2) is 0 Å². The molecule has 1 heterocycles. The number of rotatable bonds is 2. The highest BCUT2D eigenvalue weighted by Gasteiger charge is 2.32. The molecule has 0 aromatic rings. The molecule has 4 nitrogen and oxygen atoms in total. The van der Waals surface area contributed by atoms with Crippen LogP contribution < -0.4 is 5.32 Å². The van der Waals surface area contributed by atoms with Crippen molar-refractivity contribution < 1.29 is 9.59 Å². The van der Waals surface area contributed by atoms with E-state index in [1.54, 1.807) is 4.90 Å². The lowest BCUT2D eigenvalue weighted by molar-refractivity contribution is -0.140. The van der Waals surface area contributed by atoms with Gasteiger partial charge in [-0.3, -0.25) is 9.59 Å². The molecule has 2 aliphatic rings. The quantitative estimate of drug-likeness (QED) is 0.851. The van der Waals surface area contributed by atoms with Gasteiger partial charge in [-0.25, -0.2) is 0 Å². The van der Waals surface area contributed by atoms with Gasteiger partial charge in [0.05, 0.1) is 6.54 Å². The molecule has 2 rings (SSSR count). The molecule has 0 radical (unpaired) electrons. The molecular weight excluding hydrogens is 264 g/mol. The molecule has 120 valence electrons. The van der Waals surface area contributed by atoms with Gasteiger partial charge in [-0.2, -0.15) is 0 Å². The fraction of sp³-hybridized carbons (Fsp3) is 0.882. The van der Waals surface area contributed by atoms with Crippen LogP contribution in [0.25, 0.3) is 0 Å². The standard InChI is InChI=1S/C17H30N2O2/c1-12-10-19(11-15(20)18-12)16(21)9-13-5-7-14(8-6-13)17(2,3)4/h12-14H,5-11H2,1-4H3,(H,18,20). The Kier molecular flexibility index (Phi) is 4.95. The first-order valence-corrected chi connectivity index (χ1v) is 8.33. The zero-order valence-electron chi connectivity index (χ0n) is 13.9. The van der Waals surface area contributed by atoms with Crippen molar-refractivity contribution in [3.05, 3.63) is 0 Å². The van der Waals surface area contributed by atoms with Crippen molar-refractivity contribution in [3.8, 4) is 0 Å². The third-order valence-corrected chi connectivity index (χ3v) is 5.12. The fourth-order valence-corrected chi connectivity index (χ4v) is 3.73. The van der Waals surface area contributed by atoms with Crippen LogP contribution in [0, 0.1) is 17.3 Å². The average molecular weight is 294 g/mol. The molecule has 1 aliphatic heterocycles. The Hall–Kier alpha value is -1.06. The molecule has 1 aliphatic carbocycles. The zero-order chi connectivity index (χ0) is 15.6. The first kappa shape index (κ1) is 16.3. The van der Waals surface area contributed by atoms with Crippen LogP contribution in [0.1, 0.15) is 59.8 Å². The summed E-state index contributed by atoms with van der Waals surface area (Å²) < 4.78 is 0. The summed E-state index contributed by atoms with van der Waals surface area (Å²) in [5.41, 5.74) is 0.384. The first-order chi connectivity index (χ1) is 9.75. The fourth-order valence-electron chi connectivity index (χ4n) is 3.73. The molecule has 0 aromatic carbocycles. The molecule has 4 heteroatoms. The van der Waals surface area contributed by atoms with Crippen LogP contribution in [-0.2, 0) is 9.59 Å². The van der Waals surface area contributed by atoms with Gasteiger partial charge in [0.1, 0.15) is 0 Å². The maximum absolute atomic E-state index is 12.4. The minimum Gasteiger partial charge on any atom is -0.350 e. The summed E-state index contributed by atoms with van der Waals surface area (Å²) in [4.78, 5) is 25.6. The van der Waals surface area contributed by atoms with Gasteiger partial charge in [-0.1, -0.05) is 20.8 Å². The van der Waals surface area contributed by atoms with Crippen LogP contribution in [0.3, 0.4) is 0 Å². The molecule has 1 saturated heterocycles. The van der Waals surface area contributed by atoms with Gasteiger partial charge in [0.2, 0.25) is 11.8 Å². The number of carbonyl (C=O) groups excluding carboxylic acids is 2. The summed E-state index contributed by atoms with van der Waals surface area (Å²) in [5.74, 6) is 1.43. The number of nitrogens with zero attached hydrogens (tertiary/aromatic N) is 1. The van der Waals surface area contributed by atoms with E-state index in [0.717, 1.165) is 18.8 Å².